The molecule has 0 aromatic heterocycles. The lowest BCUT2D eigenvalue weighted by molar-refractivity contribution is 0.485. The van der Waals surface area contributed by atoms with Crippen molar-refractivity contribution in [1.29, 1.82) is 0 Å². The molecule has 1 atom stereocenters. The van der Waals surface area contributed by atoms with Crippen LogP contribution in [-0.2, 0) is 0 Å². The van der Waals surface area contributed by atoms with E-state index in [-0.39, 0.29) is 0 Å². The number of halogens is 1. The maximum atomic E-state index is 6.06. The van der Waals surface area contributed by atoms with E-state index in [0.717, 1.165) is 24.7 Å². The fourth-order valence-corrected chi connectivity index (χ4v) is 2.84. The van der Waals surface area contributed by atoms with Crippen molar-refractivity contribution in [3.63, 3.8) is 0 Å². The van der Waals surface area contributed by atoms with Crippen molar-refractivity contribution in [2.45, 2.75) is 13.0 Å². The van der Waals surface area contributed by atoms with Crippen LogP contribution in [0.15, 0.2) is 36.4 Å². The van der Waals surface area contributed by atoms with E-state index in [4.69, 9.17) is 11.6 Å². The standard InChI is InChI=1S/C15H17ClN2/c1-11-10-18(8-7-17-11)15-4-2-3-12-9-13(16)5-6-14(12)15/h2-6,9,11,17H,7-8,10H2,1H3/t11-/m1/s1. The summed E-state index contributed by atoms with van der Waals surface area (Å²) in [6.45, 7) is 5.40. The van der Waals surface area contributed by atoms with Crippen molar-refractivity contribution in [2.75, 3.05) is 24.5 Å². The Hall–Kier alpha value is -1.25. The van der Waals surface area contributed by atoms with Gasteiger partial charge in [-0.2, -0.15) is 0 Å². The highest BCUT2D eigenvalue weighted by Gasteiger charge is 2.17. The zero-order valence-corrected chi connectivity index (χ0v) is 11.2. The Bertz CT molecular complexity index is 567. The van der Waals surface area contributed by atoms with Crippen LogP contribution in [0.25, 0.3) is 10.8 Å². The molecule has 2 aromatic carbocycles. The lowest BCUT2D eigenvalue weighted by Crippen LogP contribution is -2.49. The fraction of sp³-hybridized carbons (Fsp3) is 0.333. The van der Waals surface area contributed by atoms with E-state index in [0.29, 0.717) is 6.04 Å². The van der Waals surface area contributed by atoms with Crippen molar-refractivity contribution in [1.82, 2.24) is 5.32 Å². The SMILES string of the molecule is C[C@@H]1CN(c2cccc3cc(Cl)ccc23)CCN1. The Labute approximate surface area is 113 Å². The van der Waals surface area contributed by atoms with Gasteiger partial charge in [-0.3, -0.25) is 0 Å². The van der Waals surface area contributed by atoms with Gasteiger partial charge in [0, 0.05) is 41.8 Å². The highest BCUT2D eigenvalue weighted by Crippen LogP contribution is 2.29. The van der Waals surface area contributed by atoms with Gasteiger partial charge in [0.05, 0.1) is 0 Å². The first-order valence-electron chi connectivity index (χ1n) is 6.40. The monoisotopic (exact) mass is 260 g/mol. The lowest BCUT2D eigenvalue weighted by atomic mass is 10.1. The third-order valence-corrected chi connectivity index (χ3v) is 3.76. The van der Waals surface area contributed by atoms with Crippen LogP contribution >= 0.6 is 11.6 Å². The summed E-state index contributed by atoms with van der Waals surface area (Å²) in [6.07, 6.45) is 0. The molecule has 0 aliphatic carbocycles. The van der Waals surface area contributed by atoms with Crippen LogP contribution in [0.4, 0.5) is 5.69 Å². The van der Waals surface area contributed by atoms with Gasteiger partial charge in [0.1, 0.15) is 0 Å². The van der Waals surface area contributed by atoms with Gasteiger partial charge in [-0.25, -0.2) is 0 Å². The Morgan fingerprint density at radius 1 is 1.28 bits per heavy atom. The Balaban J connectivity index is 2.05. The summed E-state index contributed by atoms with van der Waals surface area (Å²) in [7, 11) is 0. The van der Waals surface area contributed by atoms with Gasteiger partial charge in [-0.05, 0) is 30.5 Å². The molecule has 0 radical (unpaired) electrons. The van der Waals surface area contributed by atoms with Crippen LogP contribution in [0.1, 0.15) is 6.92 Å². The zero-order valence-electron chi connectivity index (χ0n) is 10.5. The van der Waals surface area contributed by atoms with Crippen LogP contribution in [0, 0.1) is 0 Å². The molecule has 0 unspecified atom stereocenters. The Morgan fingerprint density at radius 2 is 2.17 bits per heavy atom. The molecule has 0 bridgehead atoms. The number of nitrogens with one attached hydrogen (secondary N) is 1. The fourth-order valence-electron chi connectivity index (χ4n) is 2.66. The van der Waals surface area contributed by atoms with E-state index in [1.807, 2.05) is 12.1 Å². The van der Waals surface area contributed by atoms with Gasteiger partial charge in [0.2, 0.25) is 0 Å². The van der Waals surface area contributed by atoms with Crippen molar-refractivity contribution in [3.8, 4) is 0 Å². The Kier molecular flexibility index (Phi) is 3.14. The number of benzene rings is 2. The van der Waals surface area contributed by atoms with Crippen LogP contribution in [-0.4, -0.2) is 25.7 Å². The molecule has 2 nitrogen and oxygen atoms in total. The normalized spacial score (nSPS) is 20.3. The molecule has 3 heteroatoms. The number of nitrogens with zero attached hydrogens (tertiary/aromatic N) is 1. The maximum absolute atomic E-state index is 6.06. The zero-order chi connectivity index (χ0) is 12.5. The average molecular weight is 261 g/mol. The third-order valence-electron chi connectivity index (χ3n) is 3.53. The van der Waals surface area contributed by atoms with Gasteiger partial charge in [0.15, 0.2) is 0 Å². The van der Waals surface area contributed by atoms with Gasteiger partial charge in [-0.15, -0.1) is 0 Å². The van der Waals surface area contributed by atoms with Gasteiger partial charge < -0.3 is 10.2 Å². The Morgan fingerprint density at radius 3 is 3.00 bits per heavy atom. The van der Waals surface area contributed by atoms with Crippen molar-refractivity contribution >= 4 is 28.1 Å². The smallest absolute Gasteiger partial charge is 0.0446 e. The van der Waals surface area contributed by atoms with Crippen molar-refractivity contribution < 1.29 is 0 Å². The van der Waals surface area contributed by atoms with Crippen LogP contribution < -0.4 is 10.2 Å². The summed E-state index contributed by atoms with van der Waals surface area (Å²) < 4.78 is 0. The highest BCUT2D eigenvalue weighted by atomic mass is 35.5. The maximum Gasteiger partial charge on any atom is 0.0446 e. The molecule has 0 saturated carbocycles. The molecule has 1 saturated heterocycles. The average Bonchev–Trinajstić information content (AvgIpc) is 2.37. The summed E-state index contributed by atoms with van der Waals surface area (Å²) in [5.74, 6) is 0. The van der Waals surface area contributed by atoms with Crippen molar-refractivity contribution in [2.24, 2.45) is 0 Å². The summed E-state index contributed by atoms with van der Waals surface area (Å²) >= 11 is 6.06. The predicted molar refractivity (Wildman–Crippen MR) is 78.6 cm³/mol. The number of hydrogen-bond donors (Lipinski definition) is 1. The van der Waals surface area contributed by atoms with Gasteiger partial charge in [0.25, 0.3) is 0 Å². The number of anilines is 1. The largest absolute Gasteiger partial charge is 0.368 e. The van der Waals surface area contributed by atoms with Crippen molar-refractivity contribution in [3.05, 3.63) is 41.4 Å². The van der Waals surface area contributed by atoms with Crippen LogP contribution in [0.5, 0.6) is 0 Å². The van der Waals surface area contributed by atoms with Gasteiger partial charge >= 0.3 is 0 Å². The number of hydrogen-bond acceptors (Lipinski definition) is 2. The topological polar surface area (TPSA) is 15.3 Å². The number of fused-ring (bicyclic) bond motifs is 1. The summed E-state index contributed by atoms with van der Waals surface area (Å²) in [4.78, 5) is 2.46. The molecule has 94 valence electrons. The van der Waals surface area contributed by atoms with E-state index in [1.165, 1.54) is 16.5 Å². The van der Waals surface area contributed by atoms with E-state index < -0.39 is 0 Å². The summed E-state index contributed by atoms with van der Waals surface area (Å²) in [6, 6.07) is 13.1. The molecule has 1 aliphatic rings. The minimum Gasteiger partial charge on any atom is -0.368 e. The quantitative estimate of drug-likeness (QED) is 0.847. The molecule has 3 rings (SSSR count). The van der Waals surface area contributed by atoms with Gasteiger partial charge in [-0.1, -0.05) is 29.8 Å². The predicted octanol–water partition coefficient (Wildman–Crippen LogP) is 3.29. The second-order valence-corrected chi connectivity index (χ2v) is 5.38. The molecular formula is C15H17ClN2. The first kappa shape index (κ1) is 11.8. The number of rotatable bonds is 1. The number of piperazine rings is 1. The molecule has 0 amide bonds. The molecular weight excluding hydrogens is 244 g/mol. The lowest BCUT2D eigenvalue weighted by Gasteiger charge is -2.34. The molecule has 1 N–H and O–H groups in total. The summed E-state index contributed by atoms with van der Waals surface area (Å²) in [5, 5.41) is 6.78. The second kappa shape index (κ2) is 4.79. The first-order chi connectivity index (χ1) is 8.74. The molecule has 1 fully saturated rings. The molecule has 1 heterocycles. The molecule has 1 aliphatic heterocycles. The molecule has 18 heavy (non-hydrogen) atoms. The minimum atomic E-state index is 0.543. The highest BCUT2D eigenvalue weighted by molar-refractivity contribution is 6.31. The van der Waals surface area contributed by atoms with E-state index in [2.05, 4.69) is 41.4 Å². The third kappa shape index (κ3) is 2.18. The molecule has 2 aromatic rings. The van der Waals surface area contributed by atoms with Crippen LogP contribution in [0.3, 0.4) is 0 Å². The molecule has 0 spiro atoms. The van der Waals surface area contributed by atoms with E-state index >= 15 is 0 Å². The van der Waals surface area contributed by atoms with E-state index in [9.17, 15) is 0 Å². The first-order valence-corrected chi connectivity index (χ1v) is 6.78. The van der Waals surface area contributed by atoms with E-state index in [1.54, 1.807) is 0 Å². The van der Waals surface area contributed by atoms with Crippen LogP contribution in [0.2, 0.25) is 5.02 Å². The minimum absolute atomic E-state index is 0.543. The summed E-state index contributed by atoms with van der Waals surface area (Å²) in [5.41, 5.74) is 1.32. The second-order valence-electron chi connectivity index (χ2n) is 4.94.